The molecular weight excluding hydrogens is 399 g/mol. The number of hydrogen-bond donors (Lipinski definition) is 1. The summed E-state index contributed by atoms with van der Waals surface area (Å²) >= 11 is 0. The highest BCUT2D eigenvalue weighted by Crippen LogP contribution is 2.58. The number of hydrogen-bond acceptors (Lipinski definition) is 4. The molecule has 3 aliphatic carbocycles. The number of nitrogens with one attached hydrogen (secondary N) is 1. The van der Waals surface area contributed by atoms with Crippen LogP contribution in [0.3, 0.4) is 0 Å². The first-order valence-corrected chi connectivity index (χ1v) is 10.9. The van der Waals surface area contributed by atoms with Gasteiger partial charge >= 0.3 is 12.2 Å². The third-order valence-electron chi connectivity index (χ3n) is 7.70. The van der Waals surface area contributed by atoms with Gasteiger partial charge in [-0.3, -0.25) is 5.10 Å². The van der Waals surface area contributed by atoms with Gasteiger partial charge in [0.05, 0.1) is 31.2 Å². The molecule has 0 aromatic carbocycles. The lowest BCUT2D eigenvalue weighted by Gasteiger charge is -2.59. The number of nitrogens with zero attached hydrogens (tertiary/aromatic N) is 4. The van der Waals surface area contributed by atoms with Crippen LogP contribution in [-0.4, -0.2) is 76.1 Å². The third kappa shape index (κ3) is 3.01. The average Bonchev–Trinajstić information content (AvgIpc) is 3.50. The molecule has 1 N–H and O–H groups in total. The van der Waals surface area contributed by atoms with E-state index in [1.165, 1.54) is 12.8 Å². The summed E-state index contributed by atoms with van der Waals surface area (Å²) in [5.41, 5.74) is -1.43. The molecule has 0 radical (unpaired) electrons. The van der Waals surface area contributed by atoms with Gasteiger partial charge in [0.1, 0.15) is 5.82 Å². The van der Waals surface area contributed by atoms with Gasteiger partial charge in [0.2, 0.25) is 0 Å². The summed E-state index contributed by atoms with van der Waals surface area (Å²) in [4.78, 5) is 20.7. The summed E-state index contributed by atoms with van der Waals surface area (Å²) in [6.07, 6.45) is 0.273. The number of urea groups is 1. The van der Waals surface area contributed by atoms with E-state index in [0.29, 0.717) is 24.9 Å². The van der Waals surface area contributed by atoms with E-state index in [2.05, 4.69) is 15.2 Å². The minimum atomic E-state index is -4.19. The van der Waals surface area contributed by atoms with Crippen molar-refractivity contribution in [3.8, 4) is 0 Å². The van der Waals surface area contributed by atoms with Crippen molar-refractivity contribution in [2.75, 3.05) is 32.8 Å². The van der Waals surface area contributed by atoms with E-state index in [0.717, 1.165) is 37.6 Å². The second-order valence-electron chi connectivity index (χ2n) is 10.2. The van der Waals surface area contributed by atoms with Gasteiger partial charge in [-0.15, -0.1) is 0 Å². The first kappa shape index (κ1) is 18.9. The first-order valence-electron chi connectivity index (χ1n) is 10.9. The second-order valence-corrected chi connectivity index (χ2v) is 10.2. The predicted octanol–water partition coefficient (Wildman–Crippen LogP) is 3.02. The molecule has 1 aromatic rings. The maximum absolute atomic E-state index is 13.0. The summed E-state index contributed by atoms with van der Waals surface area (Å²) in [6, 6.07) is -0.0187. The minimum Gasteiger partial charge on any atom is -0.374 e. The molecule has 6 rings (SSSR count). The lowest BCUT2D eigenvalue weighted by molar-refractivity contribution is -0.210. The van der Waals surface area contributed by atoms with Gasteiger partial charge in [-0.2, -0.15) is 18.3 Å². The van der Waals surface area contributed by atoms with Crippen LogP contribution in [0.4, 0.5) is 18.0 Å². The standard InChI is InChI=1S/C20H26F3N5O2/c21-20(22,23)19(3-4-19)11-30-14-7-27(8-14)17(29)28-9-18(10-28)5-13(6-18)16-24-15(25-26-16)12-1-2-12/h12-14H,1-11H2,(H,24,25,26). The molecule has 2 aliphatic heterocycles. The van der Waals surface area contributed by atoms with E-state index in [1.807, 2.05) is 4.90 Å². The van der Waals surface area contributed by atoms with Crippen LogP contribution in [0.2, 0.25) is 0 Å². The van der Waals surface area contributed by atoms with Crippen molar-refractivity contribution >= 4 is 6.03 Å². The smallest absolute Gasteiger partial charge is 0.374 e. The van der Waals surface area contributed by atoms with Gasteiger partial charge in [0, 0.05) is 30.3 Å². The molecule has 0 unspecified atom stereocenters. The highest BCUT2D eigenvalue weighted by molar-refractivity contribution is 5.76. The highest BCUT2D eigenvalue weighted by atomic mass is 19.4. The van der Waals surface area contributed by atoms with Crippen LogP contribution in [0.1, 0.15) is 62.0 Å². The van der Waals surface area contributed by atoms with Crippen molar-refractivity contribution in [2.45, 2.75) is 62.6 Å². The van der Waals surface area contributed by atoms with Gasteiger partial charge in [0.15, 0.2) is 5.82 Å². The fourth-order valence-corrected chi connectivity index (χ4v) is 5.17. The molecule has 1 aromatic heterocycles. The number of aromatic amines is 1. The molecule has 5 fully saturated rings. The normalized spacial score (nSPS) is 27.6. The Balaban J connectivity index is 0.923. The molecule has 1 spiro atoms. The van der Waals surface area contributed by atoms with Crippen LogP contribution < -0.4 is 0 Å². The van der Waals surface area contributed by atoms with Crippen molar-refractivity contribution in [2.24, 2.45) is 10.8 Å². The number of aromatic nitrogens is 3. The minimum absolute atomic E-state index is 0.0187. The predicted molar refractivity (Wildman–Crippen MR) is 98.8 cm³/mol. The molecule has 164 valence electrons. The van der Waals surface area contributed by atoms with E-state index < -0.39 is 11.6 Å². The van der Waals surface area contributed by atoms with Crippen LogP contribution in [0.5, 0.6) is 0 Å². The number of ether oxygens (including phenoxy) is 1. The largest absolute Gasteiger partial charge is 0.396 e. The van der Waals surface area contributed by atoms with Gasteiger partial charge in [0.25, 0.3) is 0 Å². The number of halogens is 3. The first-order chi connectivity index (χ1) is 14.3. The Hall–Kier alpha value is -1.84. The Kier molecular flexibility index (Phi) is 3.85. The third-order valence-corrected chi connectivity index (χ3v) is 7.70. The fraction of sp³-hybridized carbons (Fsp3) is 0.850. The number of rotatable bonds is 5. The molecular formula is C20H26F3N5O2. The Morgan fingerprint density at radius 2 is 1.83 bits per heavy atom. The number of H-pyrrole nitrogens is 1. The number of alkyl halides is 3. The van der Waals surface area contributed by atoms with Crippen LogP contribution in [0.15, 0.2) is 0 Å². The number of carbonyl (C=O) groups is 1. The zero-order valence-electron chi connectivity index (χ0n) is 16.7. The molecule has 0 bridgehead atoms. The zero-order valence-corrected chi connectivity index (χ0v) is 16.7. The monoisotopic (exact) mass is 425 g/mol. The maximum Gasteiger partial charge on any atom is 0.396 e. The Morgan fingerprint density at radius 1 is 1.13 bits per heavy atom. The van der Waals surface area contributed by atoms with Crippen molar-refractivity contribution in [1.82, 2.24) is 25.0 Å². The summed E-state index contributed by atoms with van der Waals surface area (Å²) in [6.45, 7) is 2.00. The van der Waals surface area contributed by atoms with Gasteiger partial charge in [-0.25, -0.2) is 9.78 Å². The van der Waals surface area contributed by atoms with E-state index in [1.54, 1.807) is 4.90 Å². The van der Waals surface area contributed by atoms with E-state index in [9.17, 15) is 18.0 Å². The number of amides is 2. The van der Waals surface area contributed by atoms with E-state index >= 15 is 0 Å². The van der Waals surface area contributed by atoms with E-state index in [-0.39, 0.29) is 37.0 Å². The molecule has 2 saturated heterocycles. The van der Waals surface area contributed by atoms with Crippen LogP contribution in [-0.2, 0) is 4.74 Å². The lowest BCUT2D eigenvalue weighted by Crippen LogP contribution is -2.68. The van der Waals surface area contributed by atoms with Crippen LogP contribution in [0.25, 0.3) is 0 Å². The Labute approximate surface area is 172 Å². The molecule has 30 heavy (non-hydrogen) atoms. The SMILES string of the molecule is O=C(N1CC(OCC2(C(F)(F)F)CC2)C1)N1CC2(CC(c3n[nH]c(C4CC4)n3)C2)C1. The van der Waals surface area contributed by atoms with Crippen LogP contribution in [0, 0.1) is 10.8 Å². The molecule has 10 heteroatoms. The number of carbonyl (C=O) groups excluding carboxylic acids is 1. The topological polar surface area (TPSA) is 74.3 Å². The number of likely N-dealkylation sites (tertiary alicyclic amines) is 2. The highest BCUT2D eigenvalue weighted by Gasteiger charge is 2.63. The molecule has 2 amide bonds. The van der Waals surface area contributed by atoms with Crippen molar-refractivity contribution in [3.05, 3.63) is 11.6 Å². The van der Waals surface area contributed by atoms with Crippen molar-refractivity contribution < 1.29 is 22.7 Å². The Bertz CT molecular complexity index is 843. The fourth-order valence-electron chi connectivity index (χ4n) is 5.17. The van der Waals surface area contributed by atoms with Gasteiger partial charge in [-0.1, -0.05) is 0 Å². The Morgan fingerprint density at radius 3 is 2.43 bits per heavy atom. The average molecular weight is 425 g/mol. The zero-order chi connectivity index (χ0) is 20.7. The molecule has 3 heterocycles. The quantitative estimate of drug-likeness (QED) is 0.787. The summed E-state index contributed by atoms with van der Waals surface area (Å²) in [5.74, 6) is 2.90. The summed E-state index contributed by atoms with van der Waals surface area (Å²) < 4.78 is 44.3. The van der Waals surface area contributed by atoms with E-state index in [4.69, 9.17) is 4.74 Å². The lowest BCUT2D eigenvalue weighted by atomic mass is 9.57. The molecule has 0 atom stereocenters. The van der Waals surface area contributed by atoms with Gasteiger partial charge in [-0.05, 0) is 38.5 Å². The molecule has 5 aliphatic rings. The molecule has 3 saturated carbocycles. The van der Waals surface area contributed by atoms with Gasteiger partial charge < -0.3 is 14.5 Å². The van der Waals surface area contributed by atoms with Crippen molar-refractivity contribution in [3.63, 3.8) is 0 Å². The van der Waals surface area contributed by atoms with Crippen LogP contribution >= 0.6 is 0 Å². The van der Waals surface area contributed by atoms with Crippen molar-refractivity contribution in [1.29, 1.82) is 0 Å². The molecule has 7 nitrogen and oxygen atoms in total. The summed E-state index contributed by atoms with van der Waals surface area (Å²) in [7, 11) is 0. The maximum atomic E-state index is 13.0. The second kappa shape index (κ2) is 6.11. The summed E-state index contributed by atoms with van der Waals surface area (Å²) in [5, 5.41) is 7.45.